The van der Waals surface area contributed by atoms with Crippen molar-refractivity contribution in [1.29, 1.82) is 0 Å². The van der Waals surface area contributed by atoms with Crippen LogP contribution in [-0.2, 0) is 9.53 Å². The number of carbonyl (C=O) groups excluding carboxylic acids is 2. The number of ether oxygens (including phenoxy) is 1. The first-order valence-corrected chi connectivity index (χ1v) is 7.62. The standard InChI is InChI=1S/C15H18BrNO3/c1-10(14(18)17-13-7-2-3-8-13)20-15(19)11-5-4-6-12(16)9-11/h4-6,9-10,13H,2-3,7-8H2,1H3,(H,17,18)/t10-/m1/s1. The molecule has 1 aliphatic carbocycles. The maximum absolute atomic E-state index is 11.9. The number of benzene rings is 1. The Bertz CT molecular complexity index is 498. The van der Waals surface area contributed by atoms with Gasteiger partial charge in [-0.15, -0.1) is 0 Å². The molecule has 0 aliphatic heterocycles. The van der Waals surface area contributed by atoms with E-state index >= 15 is 0 Å². The molecule has 0 aromatic heterocycles. The van der Waals surface area contributed by atoms with Crippen LogP contribution in [0.15, 0.2) is 28.7 Å². The molecule has 5 heteroatoms. The first-order chi connectivity index (χ1) is 9.56. The van der Waals surface area contributed by atoms with Gasteiger partial charge in [-0.2, -0.15) is 0 Å². The molecular formula is C15H18BrNO3. The van der Waals surface area contributed by atoms with Crippen LogP contribution in [0.3, 0.4) is 0 Å². The highest BCUT2D eigenvalue weighted by atomic mass is 79.9. The van der Waals surface area contributed by atoms with Crippen molar-refractivity contribution in [3.63, 3.8) is 0 Å². The van der Waals surface area contributed by atoms with Gasteiger partial charge in [0, 0.05) is 10.5 Å². The van der Waals surface area contributed by atoms with E-state index in [1.165, 1.54) is 0 Å². The van der Waals surface area contributed by atoms with Crippen molar-refractivity contribution in [2.24, 2.45) is 0 Å². The monoisotopic (exact) mass is 339 g/mol. The van der Waals surface area contributed by atoms with E-state index in [1.54, 1.807) is 25.1 Å². The van der Waals surface area contributed by atoms with Crippen molar-refractivity contribution >= 4 is 27.8 Å². The molecule has 2 rings (SSSR count). The van der Waals surface area contributed by atoms with Gasteiger partial charge in [0.15, 0.2) is 6.10 Å². The smallest absolute Gasteiger partial charge is 0.338 e. The summed E-state index contributed by atoms with van der Waals surface area (Å²) in [5.74, 6) is -0.708. The van der Waals surface area contributed by atoms with E-state index < -0.39 is 12.1 Å². The van der Waals surface area contributed by atoms with Crippen LogP contribution in [0.1, 0.15) is 43.0 Å². The molecule has 0 radical (unpaired) electrons. The normalized spacial score (nSPS) is 16.7. The largest absolute Gasteiger partial charge is 0.449 e. The van der Waals surface area contributed by atoms with Crippen molar-refractivity contribution in [1.82, 2.24) is 5.32 Å². The highest BCUT2D eigenvalue weighted by Crippen LogP contribution is 2.18. The zero-order valence-electron chi connectivity index (χ0n) is 11.4. The summed E-state index contributed by atoms with van der Waals surface area (Å²) in [7, 11) is 0. The lowest BCUT2D eigenvalue weighted by Gasteiger charge is -2.17. The third-order valence-corrected chi connectivity index (χ3v) is 3.91. The fourth-order valence-electron chi connectivity index (χ4n) is 2.29. The van der Waals surface area contributed by atoms with E-state index in [0.29, 0.717) is 5.56 Å². The van der Waals surface area contributed by atoms with E-state index in [0.717, 1.165) is 30.2 Å². The molecule has 108 valence electrons. The maximum Gasteiger partial charge on any atom is 0.338 e. The summed E-state index contributed by atoms with van der Waals surface area (Å²) in [5, 5.41) is 2.92. The number of hydrogen-bond acceptors (Lipinski definition) is 3. The predicted molar refractivity (Wildman–Crippen MR) is 79.4 cm³/mol. The summed E-state index contributed by atoms with van der Waals surface area (Å²) in [6, 6.07) is 7.14. The van der Waals surface area contributed by atoms with Gasteiger partial charge in [0.1, 0.15) is 0 Å². The van der Waals surface area contributed by atoms with E-state index in [4.69, 9.17) is 4.74 Å². The SMILES string of the molecule is C[C@@H](OC(=O)c1cccc(Br)c1)C(=O)NC1CCCC1. The van der Waals surface area contributed by atoms with Crippen LogP contribution in [0.25, 0.3) is 0 Å². The van der Waals surface area contributed by atoms with Gasteiger partial charge in [0.05, 0.1) is 5.56 Å². The van der Waals surface area contributed by atoms with Crippen LogP contribution in [0.2, 0.25) is 0 Å². The summed E-state index contributed by atoms with van der Waals surface area (Å²) in [6.07, 6.45) is 3.55. The molecule has 20 heavy (non-hydrogen) atoms. The van der Waals surface area contributed by atoms with Crippen LogP contribution in [-0.4, -0.2) is 24.0 Å². The highest BCUT2D eigenvalue weighted by Gasteiger charge is 2.23. The van der Waals surface area contributed by atoms with Gasteiger partial charge in [-0.05, 0) is 38.0 Å². The first kappa shape index (κ1) is 15.0. The van der Waals surface area contributed by atoms with Gasteiger partial charge in [0.25, 0.3) is 5.91 Å². The maximum atomic E-state index is 11.9. The summed E-state index contributed by atoms with van der Waals surface area (Å²) >= 11 is 3.30. The average molecular weight is 340 g/mol. The lowest BCUT2D eigenvalue weighted by atomic mass is 10.2. The molecule has 1 aromatic carbocycles. The highest BCUT2D eigenvalue weighted by molar-refractivity contribution is 9.10. The lowest BCUT2D eigenvalue weighted by Crippen LogP contribution is -2.40. The lowest BCUT2D eigenvalue weighted by molar-refractivity contribution is -0.129. The molecule has 4 nitrogen and oxygen atoms in total. The summed E-state index contributed by atoms with van der Waals surface area (Å²) in [5.41, 5.74) is 0.430. The Morgan fingerprint density at radius 1 is 1.35 bits per heavy atom. The number of halogens is 1. The minimum absolute atomic E-state index is 0.222. The van der Waals surface area contributed by atoms with Crippen molar-refractivity contribution in [3.05, 3.63) is 34.3 Å². The van der Waals surface area contributed by atoms with E-state index in [-0.39, 0.29) is 11.9 Å². The number of rotatable bonds is 4. The van der Waals surface area contributed by atoms with Crippen molar-refractivity contribution in [2.75, 3.05) is 0 Å². The van der Waals surface area contributed by atoms with Crippen molar-refractivity contribution in [3.8, 4) is 0 Å². The Morgan fingerprint density at radius 2 is 2.05 bits per heavy atom. The third-order valence-electron chi connectivity index (χ3n) is 3.41. The van der Waals surface area contributed by atoms with Crippen LogP contribution in [0, 0.1) is 0 Å². The summed E-state index contributed by atoms with van der Waals surface area (Å²) < 4.78 is 5.99. The van der Waals surface area contributed by atoms with E-state index in [2.05, 4.69) is 21.2 Å². The number of nitrogens with one attached hydrogen (secondary N) is 1. The minimum atomic E-state index is -0.776. The van der Waals surface area contributed by atoms with Crippen molar-refractivity contribution in [2.45, 2.75) is 44.8 Å². The quantitative estimate of drug-likeness (QED) is 0.857. The number of esters is 1. The number of carbonyl (C=O) groups is 2. The predicted octanol–water partition coefficient (Wildman–Crippen LogP) is 3.05. The molecular weight excluding hydrogens is 322 g/mol. The molecule has 0 spiro atoms. The fraction of sp³-hybridized carbons (Fsp3) is 0.467. The summed E-state index contributed by atoms with van der Waals surface area (Å²) in [6.45, 7) is 1.60. The minimum Gasteiger partial charge on any atom is -0.449 e. The molecule has 1 fully saturated rings. The van der Waals surface area contributed by atoms with Gasteiger partial charge >= 0.3 is 5.97 Å². The van der Waals surface area contributed by atoms with Crippen molar-refractivity contribution < 1.29 is 14.3 Å². The molecule has 1 saturated carbocycles. The average Bonchev–Trinajstić information content (AvgIpc) is 2.91. The van der Waals surface area contributed by atoms with Gasteiger partial charge in [-0.1, -0.05) is 34.8 Å². The number of hydrogen-bond donors (Lipinski definition) is 1. The molecule has 1 aliphatic rings. The molecule has 0 bridgehead atoms. The van der Waals surface area contributed by atoms with Gasteiger partial charge in [-0.25, -0.2) is 4.79 Å². The molecule has 0 unspecified atom stereocenters. The molecule has 1 N–H and O–H groups in total. The first-order valence-electron chi connectivity index (χ1n) is 6.83. The second kappa shape index (κ2) is 6.88. The molecule has 0 saturated heterocycles. The zero-order chi connectivity index (χ0) is 14.5. The van der Waals surface area contributed by atoms with E-state index in [1.807, 2.05) is 6.07 Å². The van der Waals surface area contributed by atoms with Crippen LogP contribution >= 0.6 is 15.9 Å². The van der Waals surface area contributed by atoms with Crippen LogP contribution in [0.4, 0.5) is 0 Å². The topological polar surface area (TPSA) is 55.4 Å². The fourth-order valence-corrected chi connectivity index (χ4v) is 2.69. The summed E-state index contributed by atoms with van der Waals surface area (Å²) in [4.78, 5) is 23.9. The van der Waals surface area contributed by atoms with Crippen LogP contribution < -0.4 is 5.32 Å². The Hall–Kier alpha value is -1.36. The van der Waals surface area contributed by atoms with Crippen LogP contribution in [0.5, 0.6) is 0 Å². The third kappa shape index (κ3) is 4.07. The molecule has 1 amide bonds. The Balaban J connectivity index is 1.88. The van der Waals surface area contributed by atoms with Gasteiger partial charge in [-0.3, -0.25) is 4.79 Å². The molecule has 1 atom stereocenters. The Kier molecular flexibility index (Phi) is 5.17. The number of amides is 1. The molecule has 0 heterocycles. The zero-order valence-corrected chi connectivity index (χ0v) is 13.0. The Labute approximate surface area is 127 Å². The second-order valence-corrected chi connectivity index (χ2v) is 5.96. The second-order valence-electron chi connectivity index (χ2n) is 5.05. The van der Waals surface area contributed by atoms with Gasteiger partial charge in [0.2, 0.25) is 0 Å². The van der Waals surface area contributed by atoms with Gasteiger partial charge < -0.3 is 10.1 Å². The molecule has 1 aromatic rings. The van der Waals surface area contributed by atoms with E-state index in [9.17, 15) is 9.59 Å². The Morgan fingerprint density at radius 3 is 2.70 bits per heavy atom.